The van der Waals surface area contributed by atoms with Gasteiger partial charge < -0.3 is 4.90 Å². The van der Waals surface area contributed by atoms with Crippen LogP contribution in [0.3, 0.4) is 0 Å². The first-order valence-electron chi connectivity index (χ1n) is 12.5. The molecule has 7 heteroatoms. The van der Waals surface area contributed by atoms with Gasteiger partial charge in [0.25, 0.3) is 5.56 Å². The van der Waals surface area contributed by atoms with Crippen molar-refractivity contribution in [2.45, 2.75) is 70.9 Å². The number of thioether (sulfide) groups is 1. The number of rotatable bonds is 4. The molecule has 1 aliphatic carbocycles. The number of likely N-dealkylation sites (tertiary alicyclic amines) is 1. The van der Waals surface area contributed by atoms with Crippen molar-refractivity contribution < 1.29 is 4.79 Å². The van der Waals surface area contributed by atoms with Crippen LogP contribution in [0, 0.1) is 19.8 Å². The molecule has 1 aromatic carbocycles. The zero-order valence-corrected chi connectivity index (χ0v) is 22.0. The summed E-state index contributed by atoms with van der Waals surface area (Å²) in [7, 11) is 0. The summed E-state index contributed by atoms with van der Waals surface area (Å²) in [5.74, 6) is 1.13. The van der Waals surface area contributed by atoms with E-state index in [9.17, 15) is 9.59 Å². The minimum atomic E-state index is 0.0121. The molecular formula is C27H33N3O2S2. The van der Waals surface area contributed by atoms with Crippen LogP contribution in [0.1, 0.15) is 60.6 Å². The molecule has 1 saturated heterocycles. The van der Waals surface area contributed by atoms with E-state index in [0.717, 1.165) is 72.2 Å². The zero-order chi connectivity index (χ0) is 23.8. The van der Waals surface area contributed by atoms with E-state index in [2.05, 4.69) is 19.9 Å². The van der Waals surface area contributed by atoms with Gasteiger partial charge in [-0.05, 0) is 75.5 Å². The lowest BCUT2D eigenvalue weighted by Gasteiger charge is -2.30. The van der Waals surface area contributed by atoms with Crippen LogP contribution in [0.4, 0.5) is 0 Å². The number of piperidine rings is 1. The van der Waals surface area contributed by atoms with Gasteiger partial charge in [-0.2, -0.15) is 0 Å². The summed E-state index contributed by atoms with van der Waals surface area (Å²) in [5.41, 5.74) is 4.29. The van der Waals surface area contributed by atoms with Crippen molar-refractivity contribution in [2.24, 2.45) is 5.92 Å². The van der Waals surface area contributed by atoms with Crippen LogP contribution in [0.2, 0.25) is 0 Å². The fourth-order valence-corrected chi connectivity index (χ4v) is 7.42. The highest BCUT2D eigenvalue weighted by Gasteiger charge is 2.25. The molecule has 0 radical (unpaired) electrons. The van der Waals surface area contributed by atoms with Gasteiger partial charge in [-0.25, -0.2) is 4.98 Å². The second-order valence-corrected chi connectivity index (χ2v) is 11.9. The van der Waals surface area contributed by atoms with Gasteiger partial charge in [0.1, 0.15) is 4.83 Å². The topological polar surface area (TPSA) is 55.2 Å². The van der Waals surface area contributed by atoms with E-state index in [1.807, 2.05) is 24.0 Å². The highest BCUT2D eigenvalue weighted by molar-refractivity contribution is 7.99. The highest BCUT2D eigenvalue weighted by Crippen LogP contribution is 2.35. The number of aryl methyl sites for hydroxylation is 4. The number of aromatic nitrogens is 2. The Balaban J connectivity index is 1.57. The molecular weight excluding hydrogens is 462 g/mol. The maximum atomic E-state index is 14.0. The predicted octanol–water partition coefficient (Wildman–Crippen LogP) is 5.68. The normalized spacial score (nSPS) is 17.1. The van der Waals surface area contributed by atoms with Gasteiger partial charge in [-0.3, -0.25) is 14.2 Å². The fourth-order valence-electron chi connectivity index (χ4n) is 5.20. The van der Waals surface area contributed by atoms with E-state index in [1.165, 1.54) is 35.0 Å². The molecule has 180 valence electrons. The Bertz CT molecular complexity index is 1290. The molecule has 5 rings (SSSR count). The SMILES string of the molecule is Cc1ccc(-n2c(SCC(=O)N3CCC(C)CC3)nc3sc4c(c3c2=O)CCCCC4)c(C)c1. The molecule has 3 aromatic rings. The standard InChI is InChI=1S/C27H33N3O2S2/c1-17-11-13-29(14-12-17)23(31)16-33-27-28-25-24(20-7-5-4-6-8-22(20)34-25)26(32)30(27)21-10-9-18(2)15-19(21)3/h9-10,15,17H,4-8,11-14,16H2,1-3H3. The number of fused-ring (bicyclic) bond motifs is 3. The van der Waals surface area contributed by atoms with Crippen molar-refractivity contribution in [3.8, 4) is 5.69 Å². The van der Waals surface area contributed by atoms with Crippen LogP contribution in [0.15, 0.2) is 28.2 Å². The Hall–Kier alpha value is -2.12. The van der Waals surface area contributed by atoms with Gasteiger partial charge in [0.2, 0.25) is 5.91 Å². The molecule has 1 amide bonds. The minimum Gasteiger partial charge on any atom is -0.342 e. The fraction of sp³-hybridized carbons (Fsp3) is 0.519. The Morgan fingerprint density at radius 3 is 2.68 bits per heavy atom. The number of hydrogen-bond acceptors (Lipinski definition) is 5. The van der Waals surface area contributed by atoms with Crippen LogP contribution in [-0.4, -0.2) is 39.2 Å². The van der Waals surface area contributed by atoms with Crippen molar-refractivity contribution in [3.05, 3.63) is 50.1 Å². The third-order valence-electron chi connectivity index (χ3n) is 7.26. The lowest BCUT2D eigenvalue weighted by atomic mass is 9.99. The number of thiophene rings is 1. The molecule has 3 heterocycles. The van der Waals surface area contributed by atoms with Crippen LogP contribution in [-0.2, 0) is 17.6 Å². The first-order valence-corrected chi connectivity index (χ1v) is 14.3. The van der Waals surface area contributed by atoms with Gasteiger partial charge in [-0.15, -0.1) is 11.3 Å². The van der Waals surface area contributed by atoms with Crippen molar-refractivity contribution in [2.75, 3.05) is 18.8 Å². The molecule has 0 bridgehead atoms. The van der Waals surface area contributed by atoms with Gasteiger partial charge >= 0.3 is 0 Å². The van der Waals surface area contributed by atoms with E-state index < -0.39 is 0 Å². The van der Waals surface area contributed by atoms with Crippen LogP contribution >= 0.6 is 23.1 Å². The molecule has 0 atom stereocenters. The monoisotopic (exact) mass is 495 g/mol. The summed E-state index contributed by atoms with van der Waals surface area (Å²) in [6, 6.07) is 6.17. The van der Waals surface area contributed by atoms with Crippen LogP contribution in [0.25, 0.3) is 15.9 Å². The van der Waals surface area contributed by atoms with Crippen molar-refractivity contribution >= 4 is 39.2 Å². The zero-order valence-electron chi connectivity index (χ0n) is 20.4. The molecule has 34 heavy (non-hydrogen) atoms. The predicted molar refractivity (Wildman–Crippen MR) is 142 cm³/mol. The quantitative estimate of drug-likeness (QED) is 0.265. The molecule has 0 unspecified atom stereocenters. The van der Waals surface area contributed by atoms with Crippen LogP contribution < -0.4 is 5.56 Å². The summed E-state index contributed by atoms with van der Waals surface area (Å²) in [4.78, 5) is 36.2. The maximum Gasteiger partial charge on any atom is 0.267 e. The van der Waals surface area contributed by atoms with Crippen molar-refractivity contribution in [1.29, 1.82) is 0 Å². The van der Waals surface area contributed by atoms with E-state index >= 15 is 0 Å². The Labute approximate surface area is 209 Å². The van der Waals surface area contributed by atoms with Gasteiger partial charge in [-0.1, -0.05) is 42.8 Å². The van der Waals surface area contributed by atoms with Crippen molar-refractivity contribution in [3.63, 3.8) is 0 Å². The largest absolute Gasteiger partial charge is 0.342 e. The summed E-state index contributed by atoms with van der Waals surface area (Å²) in [5, 5.41) is 1.42. The molecule has 0 N–H and O–H groups in total. The Kier molecular flexibility index (Phi) is 6.85. The number of carbonyl (C=O) groups excluding carboxylic acids is 1. The summed E-state index contributed by atoms with van der Waals surface area (Å²) >= 11 is 3.09. The number of carbonyl (C=O) groups is 1. The molecule has 2 aromatic heterocycles. The lowest BCUT2D eigenvalue weighted by molar-refractivity contribution is -0.129. The number of benzene rings is 1. The highest BCUT2D eigenvalue weighted by atomic mass is 32.2. The van der Waals surface area contributed by atoms with Crippen LogP contribution in [0.5, 0.6) is 0 Å². The first-order chi connectivity index (χ1) is 16.4. The first kappa shape index (κ1) is 23.6. The minimum absolute atomic E-state index is 0.0121. The Morgan fingerprint density at radius 1 is 1.15 bits per heavy atom. The molecule has 0 spiro atoms. The number of amides is 1. The molecule has 0 saturated carbocycles. The molecule has 1 fully saturated rings. The van der Waals surface area contributed by atoms with Gasteiger partial charge in [0, 0.05) is 18.0 Å². The van der Waals surface area contributed by atoms with Gasteiger partial charge in [0.05, 0.1) is 16.8 Å². The second kappa shape index (κ2) is 9.86. The summed E-state index contributed by atoms with van der Waals surface area (Å²) in [6.45, 7) is 8.01. The number of nitrogens with zero attached hydrogens (tertiary/aromatic N) is 3. The van der Waals surface area contributed by atoms with E-state index in [4.69, 9.17) is 4.98 Å². The summed E-state index contributed by atoms with van der Waals surface area (Å²) in [6.07, 6.45) is 7.64. The third-order valence-corrected chi connectivity index (χ3v) is 9.37. The second-order valence-electron chi connectivity index (χ2n) is 9.92. The molecule has 2 aliphatic rings. The summed E-state index contributed by atoms with van der Waals surface area (Å²) < 4.78 is 1.77. The van der Waals surface area contributed by atoms with Crippen molar-refractivity contribution in [1.82, 2.24) is 14.5 Å². The van der Waals surface area contributed by atoms with E-state index in [0.29, 0.717) is 16.8 Å². The molecule has 1 aliphatic heterocycles. The van der Waals surface area contributed by atoms with E-state index in [1.54, 1.807) is 15.9 Å². The third kappa shape index (κ3) is 4.57. The van der Waals surface area contributed by atoms with Gasteiger partial charge in [0.15, 0.2) is 5.16 Å². The maximum absolute atomic E-state index is 14.0. The average molecular weight is 496 g/mol. The van der Waals surface area contributed by atoms with E-state index in [-0.39, 0.29) is 11.5 Å². The average Bonchev–Trinajstić information content (AvgIpc) is 3.00. The molecule has 5 nitrogen and oxygen atoms in total. The number of hydrogen-bond donors (Lipinski definition) is 0. The Morgan fingerprint density at radius 2 is 1.91 bits per heavy atom. The smallest absolute Gasteiger partial charge is 0.267 e. The lowest BCUT2D eigenvalue weighted by Crippen LogP contribution is -2.39.